The number of thiol groups is 1. The summed E-state index contributed by atoms with van der Waals surface area (Å²) in [5.41, 5.74) is 15.5. The minimum absolute atomic E-state index is 0.0946. The summed E-state index contributed by atoms with van der Waals surface area (Å²) in [5, 5.41) is 24.3. The maximum Gasteiger partial charge on any atom is 0.326 e. The van der Waals surface area contributed by atoms with Crippen molar-refractivity contribution in [2.45, 2.75) is 49.9 Å². The summed E-state index contributed by atoms with van der Waals surface area (Å²) in [6, 6.07) is -6.12. The van der Waals surface area contributed by atoms with E-state index in [1.165, 1.54) is 0 Å². The summed E-state index contributed by atoms with van der Waals surface area (Å²) < 4.78 is 0. The first kappa shape index (κ1) is 28.6. The molecule has 0 aromatic rings. The number of carbonyl (C=O) groups excluding carboxylic acids is 5. The molecule has 0 saturated carbocycles. The Balaban J connectivity index is 5.51. The number of aliphatic carboxylic acids is 2. The highest BCUT2D eigenvalue weighted by Gasteiger charge is 2.32. The van der Waals surface area contributed by atoms with Crippen LogP contribution in [-0.4, -0.2) is 81.6 Å². The molecule has 4 unspecified atom stereocenters. The second kappa shape index (κ2) is 13.8. The van der Waals surface area contributed by atoms with Gasteiger partial charge in [0.05, 0.1) is 18.9 Å². The third kappa shape index (κ3) is 11.1. The van der Waals surface area contributed by atoms with E-state index in [0.717, 1.165) is 0 Å². The van der Waals surface area contributed by atoms with Gasteiger partial charge < -0.3 is 43.4 Å². The lowest BCUT2D eigenvalue weighted by atomic mass is 10.1. The third-order valence-electron chi connectivity index (χ3n) is 3.88. The van der Waals surface area contributed by atoms with Gasteiger partial charge in [-0.15, -0.1) is 0 Å². The Morgan fingerprint density at radius 3 is 1.62 bits per heavy atom. The topological polar surface area (TPSA) is 274 Å². The van der Waals surface area contributed by atoms with Gasteiger partial charge in [-0.3, -0.25) is 28.8 Å². The number of amides is 5. The zero-order valence-corrected chi connectivity index (χ0v) is 17.7. The Labute approximate surface area is 187 Å². The van der Waals surface area contributed by atoms with E-state index < -0.39 is 78.5 Å². The summed E-state index contributed by atoms with van der Waals surface area (Å²) in [5.74, 6) is -8.18. The first-order valence-corrected chi connectivity index (χ1v) is 9.70. The van der Waals surface area contributed by atoms with Crippen LogP contribution in [0.1, 0.15) is 25.7 Å². The number of rotatable bonds is 15. The first-order chi connectivity index (χ1) is 14.8. The monoisotopic (exact) mass is 478 g/mol. The van der Waals surface area contributed by atoms with Gasteiger partial charge in [-0.25, -0.2) is 4.79 Å². The summed E-state index contributed by atoms with van der Waals surface area (Å²) in [6.45, 7) is 0. The van der Waals surface area contributed by atoms with E-state index in [4.69, 9.17) is 27.4 Å². The van der Waals surface area contributed by atoms with Gasteiger partial charge in [0, 0.05) is 12.2 Å². The van der Waals surface area contributed by atoms with Gasteiger partial charge in [-0.1, -0.05) is 0 Å². The quantitative estimate of drug-likeness (QED) is 0.102. The number of carbonyl (C=O) groups is 7. The predicted molar refractivity (Wildman–Crippen MR) is 110 cm³/mol. The molecule has 0 aromatic heterocycles. The van der Waals surface area contributed by atoms with Gasteiger partial charge in [0.2, 0.25) is 29.5 Å². The van der Waals surface area contributed by atoms with E-state index in [2.05, 4.69) is 17.9 Å². The van der Waals surface area contributed by atoms with Crippen molar-refractivity contribution in [3.05, 3.63) is 0 Å². The maximum absolute atomic E-state index is 12.5. The highest BCUT2D eigenvalue weighted by atomic mass is 32.1. The normalized spacial score (nSPS) is 14.2. The zero-order chi connectivity index (χ0) is 25.0. The minimum atomic E-state index is -1.79. The predicted octanol–water partition coefficient (Wildman–Crippen LogP) is -4.60. The number of primary amides is 2. The van der Waals surface area contributed by atoms with Crippen LogP contribution in [0.4, 0.5) is 0 Å². The molecule has 0 aliphatic carbocycles. The molecule has 0 heterocycles. The largest absolute Gasteiger partial charge is 0.481 e. The van der Waals surface area contributed by atoms with Crippen molar-refractivity contribution in [1.82, 2.24) is 16.0 Å². The Morgan fingerprint density at radius 1 is 0.750 bits per heavy atom. The average molecular weight is 478 g/mol. The summed E-state index contributed by atoms with van der Waals surface area (Å²) in [4.78, 5) is 81.3. The summed E-state index contributed by atoms with van der Waals surface area (Å²) in [6.07, 6.45) is -2.43. The van der Waals surface area contributed by atoms with Crippen LogP contribution in [0, 0.1) is 0 Å². The number of carboxylic acid groups (broad SMARTS) is 2. The van der Waals surface area contributed by atoms with Gasteiger partial charge in [0.15, 0.2) is 0 Å². The van der Waals surface area contributed by atoms with Crippen LogP contribution >= 0.6 is 12.6 Å². The maximum atomic E-state index is 12.5. The van der Waals surface area contributed by atoms with Gasteiger partial charge in [0.1, 0.15) is 18.1 Å². The highest BCUT2D eigenvalue weighted by Crippen LogP contribution is 2.03. The van der Waals surface area contributed by atoms with E-state index in [0.29, 0.717) is 0 Å². The van der Waals surface area contributed by atoms with Crippen LogP contribution in [-0.2, 0) is 33.6 Å². The highest BCUT2D eigenvalue weighted by molar-refractivity contribution is 7.80. The number of hydrogen-bond acceptors (Lipinski definition) is 9. The standard InChI is InChI=1S/C16H26N6O9S/c17-6(5-32)13(27)21-8(3-11(19)24)14(28)22-9(4-12(25)26)15(29)20-7(16(30)31)1-2-10(18)23/h6-9,32H,1-5,17H2,(H2,18,23)(H2,19,24)(H,20,29)(H,21,27)(H,22,28)(H,25,26)(H,30,31). The van der Waals surface area contributed by atoms with Crippen molar-refractivity contribution in [3.8, 4) is 0 Å². The first-order valence-electron chi connectivity index (χ1n) is 9.07. The molecule has 32 heavy (non-hydrogen) atoms. The van der Waals surface area contributed by atoms with Gasteiger partial charge >= 0.3 is 11.9 Å². The fraction of sp³-hybridized carbons (Fsp3) is 0.562. The summed E-state index contributed by atoms with van der Waals surface area (Å²) in [7, 11) is 0. The van der Waals surface area contributed by atoms with Crippen molar-refractivity contribution >= 4 is 54.1 Å². The Bertz CT molecular complexity index is 762. The van der Waals surface area contributed by atoms with Crippen molar-refractivity contribution in [3.63, 3.8) is 0 Å². The Hall–Kier alpha value is -3.40. The smallest absolute Gasteiger partial charge is 0.326 e. The number of carboxylic acids is 2. The lowest BCUT2D eigenvalue weighted by molar-refractivity contribution is -0.144. The average Bonchev–Trinajstić information content (AvgIpc) is 2.67. The van der Waals surface area contributed by atoms with Gasteiger partial charge in [0.25, 0.3) is 0 Å². The minimum Gasteiger partial charge on any atom is -0.481 e. The molecule has 0 radical (unpaired) electrons. The van der Waals surface area contributed by atoms with Crippen molar-refractivity contribution in [1.29, 1.82) is 0 Å². The Morgan fingerprint density at radius 2 is 1.22 bits per heavy atom. The molecule has 16 heteroatoms. The van der Waals surface area contributed by atoms with Crippen molar-refractivity contribution in [2.24, 2.45) is 17.2 Å². The SMILES string of the molecule is NC(=O)CCC(NC(=O)C(CC(=O)O)NC(=O)C(CC(N)=O)NC(=O)C(N)CS)C(=O)O. The molecule has 0 aromatic carbocycles. The molecule has 5 amide bonds. The van der Waals surface area contributed by atoms with Crippen LogP contribution in [0.5, 0.6) is 0 Å². The van der Waals surface area contributed by atoms with E-state index in [1.54, 1.807) is 0 Å². The Kier molecular flexibility index (Phi) is 12.3. The second-order valence-electron chi connectivity index (χ2n) is 6.58. The fourth-order valence-electron chi connectivity index (χ4n) is 2.24. The third-order valence-corrected chi connectivity index (χ3v) is 4.27. The molecule has 0 bridgehead atoms. The molecule has 0 aliphatic rings. The summed E-state index contributed by atoms with van der Waals surface area (Å²) >= 11 is 3.82. The van der Waals surface area contributed by atoms with Gasteiger partial charge in [-0.05, 0) is 6.42 Å². The lowest BCUT2D eigenvalue weighted by Crippen LogP contribution is -2.58. The van der Waals surface area contributed by atoms with Crippen LogP contribution < -0.4 is 33.2 Å². The molecule has 0 spiro atoms. The molecule has 4 atom stereocenters. The zero-order valence-electron chi connectivity index (χ0n) is 16.8. The lowest BCUT2D eigenvalue weighted by Gasteiger charge is -2.23. The van der Waals surface area contributed by atoms with E-state index >= 15 is 0 Å². The molecule has 15 nitrogen and oxygen atoms in total. The van der Waals surface area contributed by atoms with E-state index in [-0.39, 0.29) is 18.6 Å². The number of hydrogen-bond donors (Lipinski definition) is 9. The molecule has 0 saturated heterocycles. The van der Waals surface area contributed by atoms with Crippen molar-refractivity contribution < 1.29 is 43.8 Å². The molecule has 0 rings (SSSR count). The fourth-order valence-corrected chi connectivity index (χ4v) is 2.41. The van der Waals surface area contributed by atoms with Crippen molar-refractivity contribution in [2.75, 3.05) is 5.75 Å². The van der Waals surface area contributed by atoms with Gasteiger partial charge in [-0.2, -0.15) is 12.6 Å². The number of nitrogens with one attached hydrogen (secondary N) is 3. The van der Waals surface area contributed by atoms with Crippen LogP contribution in [0.2, 0.25) is 0 Å². The van der Waals surface area contributed by atoms with E-state index in [9.17, 15) is 33.6 Å². The second-order valence-corrected chi connectivity index (χ2v) is 6.95. The van der Waals surface area contributed by atoms with Crippen LogP contribution in [0.3, 0.4) is 0 Å². The molecular formula is C16H26N6O9S. The molecule has 180 valence electrons. The van der Waals surface area contributed by atoms with E-state index in [1.807, 2.05) is 10.6 Å². The molecule has 0 aliphatic heterocycles. The van der Waals surface area contributed by atoms with Crippen LogP contribution in [0.25, 0.3) is 0 Å². The van der Waals surface area contributed by atoms with Crippen LogP contribution in [0.15, 0.2) is 0 Å². The molecule has 11 N–H and O–H groups in total. The molecular weight excluding hydrogens is 452 g/mol. The molecule has 0 fully saturated rings. The number of nitrogens with two attached hydrogens (primary N) is 3.